The third kappa shape index (κ3) is 6.23. The molecule has 1 atom stereocenters. The van der Waals surface area contributed by atoms with Crippen molar-refractivity contribution in [2.45, 2.75) is 32.3 Å². The summed E-state index contributed by atoms with van der Waals surface area (Å²) in [5.74, 6) is -1.34. The van der Waals surface area contributed by atoms with Crippen LogP contribution in [-0.4, -0.2) is 53.4 Å². The largest absolute Gasteiger partial charge is 0.479 e. The van der Waals surface area contributed by atoms with Gasteiger partial charge in [0, 0.05) is 13.6 Å². The fraction of sp³-hybridized carbons (Fsp3) is 0.800. The number of hydrogen-bond acceptors (Lipinski definition) is 3. The van der Waals surface area contributed by atoms with E-state index in [1.807, 2.05) is 0 Å². The average Bonchev–Trinajstić information content (AvgIpc) is 2.25. The number of carbonyl (C=O) groups is 2. The van der Waals surface area contributed by atoms with E-state index < -0.39 is 12.1 Å². The Hall–Kier alpha value is -1.30. The topological polar surface area (TPSA) is 89.9 Å². The highest BCUT2D eigenvalue weighted by Gasteiger charge is 2.15. The molecule has 6 nitrogen and oxygen atoms in total. The van der Waals surface area contributed by atoms with Gasteiger partial charge in [-0.25, -0.2) is 9.59 Å². The van der Waals surface area contributed by atoms with E-state index in [-0.39, 0.29) is 12.6 Å². The van der Waals surface area contributed by atoms with Gasteiger partial charge in [-0.05, 0) is 6.42 Å². The van der Waals surface area contributed by atoms with Crippen LogP contribution in [0.2, 0.25) is 0 Å². The Kier molecular flexibility index (Phi) is 7.28. The molecule has 16 heavy (non-hydrogen) atoms. The minimum absolute atomic E-state index is 0.272. The number of rotatable bonds is 7. The Morgan fingerprint density at radius 3 is 2.50 bits per heavy atom. The number of unbranched alkanes of at least 4 members (excludes halogenated alkanes) is 2. The number of nitrogens with zero attached hydrogens (tertiary/aromatic N) is 1. The number of amides is 2. The van der Waals surface area contributed by atoms with Crippen LogP contribution in [-0.2, 0) is 4.79 Å². The molecule has 0 saturated heterocycles. The number of urea groups is 1. The van der Waals surface area contributed by atoms with Gasteiger partial charge in [0.25, 0.3) is 0 Å². The molecule has 0 bridgehead atoms. The van der Waals surface area contributed by atoms with Gasteiger partial charge in [0.2, 0.25) is 0 Å². The number of carbonyl (C=O) groups excluding carboxylic acids is 1. The van der Waals surface area contributed by atoms with E-state index >= 15 is 0 Å². The van der Waals surface area contributed by atoms with Gasteiger partial charge in [-0.15, -0.1) is 0 Å². The molecular formula is C10H20N2O4. The Bertz CT molecular complexity index is 233. The first kappa shape index (κ1) is 14.7. The summed E-state index contributed by atoms with van der Waals surface area (Å²) in [7, 11) is 1.64. The first-order valence-corrected chi connectivity index (χ1v) is 5.38. The molecule has 0 unspecified atom stereocenters. The zero-order chi connectivity index (χ0) is 12.6. The predicted molar refractivity (Wildman–Crippen MR) is 59.2 cm³/mol. The van der Waals surface area contributed by atoms with Gasteiger partial charge in [0.05, 0.1) is 6.54 Å². The summed E-state index contributed by atoms with van der Waals surface area (Å²) >= 11 is 0. The SMILES string of the molecule is CCCCCN(C)C(=O)NC[C@H](O)C(=O)O. The second-order valence-corrected chi connectivity index (χ2v) is 3.67. The van der Waals surface area contributed by atoms with Crippen molar-refractivity contribution < 1.29 is 19.8 Å². The lowest BCUT2D eigenvalue weighted by molar-refractivity contribution is -0.146. The van der Waals surface area contributed by atoms with Gasteiger partial charge in [0.1, 0.15) is 0 Å². The number of hydrogen-bond donors (Lipinski definition) is 3. The number of aliphatic hydroxyl groups is 1. The standard InChI is InChI=1S/C10H20N2O4/c1-3-4-5-6-12(2)10(16)11-7-8(13)9(14)15/h8,13H,3-7H2,1-2H3,(H,11,16)(H,14,15)/t8-/m0/s1. The molecule has 3 N–H and O–H groups in total. The Labute approximate surface area is 95.2 Å². The lowest BCUT2D eigenvalue weighted by Gasteiger charge is -2.18. The second-order valence-electron chi connectivity index (χ2n) is 3.67. The summed E-state index contributed by atoms with van der Waals surface area (Å²) in [5.41, 5.74) is 0. The quantitative estimate of drug-likeness (QED) is 0.549. The summed E-state index contributed by atoms with van der Waals surface area (Å²) in [6.45, 7) is 2.43. The van der Waals surface area contributed by atoms with Gasteiger partial charge in [-0.2, -0.15) is 0 Å². The third-order valence-electron chi connectivity index (χ3n) is 2.18. The summed E-state index contributed by atoms with van der Waals surface area (Å²) in [5, 5.41) is 19.7. The van der Waals surface area contributed by atoms with Crippen LogP contribution in [0.1, 0.15) is 26.2 Å². The van der Waals surface area contributed by atoms with Crippen molar-refractivity contribution in [3.63, 3.8) is 0 Å². The zero-order valence-corrected chi connectivity index (χ0v) is 9.77. The highest BCUT2D eigenvalue weighted by molar-refractivity contribution is 5.76. The molecule has 0 aliphatic heterocycles. The first-order valence-electron chi connectivity index (χ1n) is 5.38. The molecule has 0 rings (SSSR count). The maximum atomic E-state index is 11.4. The van der Waals surface area contributed by atoms with Crippen LogP contribution in [0.4, 0.5) is 4.79 Å². The van der Waals surface area contributed by atoms with E-state index in [0.717, 1.165) is 19.3 Å². The van der Waals surface area contributed by atoms with Crippen molar-refractivity contribution in [3.8, 4) is 0 Å². The summed E-state index contributed by atoms with van der Waals surface area (Å²) < 4.78 is 0. The minimum Gasteiger partial charge on any atom is -0.479 e. The second kappa shape index (κ2) is 7.92. The number of nitrogens with one attached hydrogen (secondary N) is 1. The number of carboxylic acids is 1. The fourth-order valence-electron chi connectivity index (χ4n) is 1.11. The van der Waals surface area contributed by atoms with Crippen molar-refractivity contribution in [2.24, 2.45) is 0 Å². The Balaban J connectivity index is 3.74. The molecule has 0 aliphatic carbocycles. The molecule has 6 heteroatoms. The van der Waals surface area contributed by atoms with Crippen LogP contribution in [0.3, 0.4) is 0 Å². The van der Waals surface area contributed by atoms with E-state index in [1.165, 1.54) is 4.90 Å². The van der Waals surface area contributed by atoms with Crippen LogP contribution < -0.4 is 5.32 Å². The lowest BCUT2D eigenvalue weighted by atomic mass is 10.2. The van der Waals surface area contributed by atoms with E-state index in [1.54, 1.807) is 7.05 Å². The van der Waals surface area contributed by atoms with Crippen LogP contribution in [0, 0.1) is 0 Å². The van der Waals surface area contributed by atoms with Crippen LogP contribution in [0.5, 0.6) is 0 Å². The van der Waals surface area contributed by atoms with Crippen molar-refractivity contribution in [3.05, 3.63) is 0 Å². The average molecular weight is 232 g/mol. The summed E-state index contributed by atoms with van der Waals surface area (Å²) in [6.07, 6.45) is 1.50. The fourth-order valence-corrected chi connectivity index (χ4v) is 1.11. The van der Waals surface area contributed by atoms with Gasteiger partial charge in [-0.3, -0.25) is 0 Å². The van der Waals surface area contributed by atoms with Gasteiger partial charge in [-0.1, -0.05) is 19.8 Å². The first-order chi connectivity index (χ1) is 7.49. The van der Waals surface area contributed by atoms with E-state index in [2.05, 4.69) is 12.2 Å². The molecule has 94 valence electrons. The highest BCUT2D eigenvalue weighted by Crippen LogP contribution is 1.96. The van der Waals surface area contributed by atoms with E-state index in [0.29, 0.717) is 6.54 Å². The monoisotopic (exact) mass is 232 g/mol. The van der Waals surface area contributed by atoms with Crippen LogP contribution in [0.25, 0.3) is 0 Å². The molecule has 0 aromatic heterocycles. The smallest absolute Gasteiger partial charge is 0.334 e. The van der Waals surface area contributed by atoms with Crippen molar-refractivity contribution in [2.75, 3.05) is 20.1 Å². The number of carboxylic acid groups (broad SMARTS) is 1. The van der Waals surface area contributed by atoms with Crippen molar-refractivity contribution in [1.29, 1.82) is 0 Å². The molecule has 2 amide bonds. The molecular weight excluding hydrogens is 212 g/mol. The van der Waals surface area contributed by atoms with Crippen LogP contribution >= 0.6 is 0 Å². The summed E-state index contributed by atoms with van der Waals surface area (Å²) in [4.78, 5) is 23.1. The predicted octanol–water partition coefficient (Wildman–Crippen LogP) is 0.263. The van der Waals surface area contributed by atoms with Gasteiger partial charge >= 0.3 is 12.0 Å². The molecule has 0 spiro atoms. The number of aliphatic hydroxyl groups excluding tert-OH is 1. The summed E-state index contributed by atoms with van der Waals surface area (Å²) in [6, 6.07) is -0.364. The maximum Gasteiger partial charge on any atom is 0.334 e. The molecule has 0 radical (unpaired) electrons. The van der Waals surface area contributed by atoms with E-state index in [9.17, 15) is 9.59 Å². The van der Waals surface area contributed by atoms with Crippen molar-refractivity contribution in [1.82, 2.24) is 10.2 Å². The van der Waals surface area contributed by atoms with Crippen LogP contribution in [0.15, 0.2) is 0 Å². The normalized spacial score (nSPS) is 11.9. The number of aliphatic carboxylic acids is 1. The maximum absolute atomic E-state index is 11.4. The molecule has 0 aromatic carbocycles. The Morgan fingerprint density at radius 2 is 2.00 bits per heavy atom. The van der Waals surface area contributed by atoms with Gasteiger partial charge < -0.3 is 20.4 Å². The minimum atomic E-state index is -1.55. The molecule has 0 fully saturated rings. The lowest BCUT2D eigenvalue weighted by Crippen LogP contribution is -2.43. The van der Waals surface area contributed by atoms with E-state index in [4.69, 9.17) is 10.2 Å². The molecule has 0 heterocycles. The molecule has 0 aromatic rings. The van der Waals surface area contributed by atoms with Gasteiger partial charge in [0.15, 0.2) is 6.10 Å². The Morgan fingerprint density at radius 1 is 1.38 bits per heavy atom. The zero-order valence-electron chi connectivity index (χ0n) is 9.77. The highest BCUT2D eigenvalue weighted by atomic mass is 16.4. The third-order valence-corrected chi connectivity index (χ3v) is 2.18. The van der Waals surface area contributed by atoms with Crippen molar-refractivity contribution >= 4 is 12.0 Å². The molecule has 0 aliphatic rings. The molecule has 0 saturated carbocycles.